The number of nitrogens with one attached hydrogen (secondary N) is 2. The lowest BCUT2D eigenvalue weighted by Crippen LogP contribution is -2.36. The van der Waals surface area contributed by atoms with Crippen LogP contribution in [0.5, 0.6) is 0 Å². The molecule has 0 fully saturated rings. The van der Waals surface area contributed by atoms with E-state index in [2.05, 4.69) is 10.3 Å². The summed E-state index contributed by atoms with van der Waals surface area (Å²) >= 11 is 0. The number of rotatable bonds is 4. The molecule has 0 aliphatic heterocycles. The summed E-state index contributed by atoms with van der Waals surface area (Å²) in [4.78, 5) is 15.6. The van der Waals surface area contributed by atoms with Gasteiger partial charge in [-0.25, -0.2) is 14.1 Å². The van der Waals surface area contributed by atoms with Crippen LogP contribution in [0.4, 0.5) is 23.2 Å². The average molecular weight is 483 g/mol. The van der Waals surface area contributed by atoms with E-state index in [4.69, 9.17) is 0 Å². The zero-order valence-corrected chi connectivity index (χ0v) is 19.0. The summed E-state index contributed by atoms with van der Waals surface area (Å²) in [6.45, 7) is 5.21. The first-order valence-corrected chi connectivity index (χ1v) is 10.6. The largest absolute Gasteiger partial charge is 0.710 e. The smallest absolute Gasteiger partial charge is 0.416 e. The van der Waals surface area contributed by atoms with Gasteiger partial charge in [-0.3, -0.25) is 4.79 Å². The van der Waals surface area contributed by atoms with E-state index in [1.165, 1.54) is 31.2 Å². The number of anilines is 1. The molecular weight excluding hydrogens is 462 g/mol. The molecule has 4 rings (SSSR count). The second-order valence-electron chi connectivity index (χ2n) is 8.24. The van der Waals surface area contributed by atoms with Crippen molar-refractivity contribution in [3.63, 3.8) is 0 Å². The zero-order valence-electron chi connectivity index (χ0n) is 19.0. The van der Waals surface area contributed by atoms with Gasteiger partial charge in [0.05, 0.1) is 11.1 Å². The lowest BCUT2D eigenvalue weighted by atomic mass is 9.94. The SMILES string of the molecule is Cc1cccc(C)c1-c1cc(-c2[nH]c(C)c(C(=O)Nc3cccc(C(F)(F)F)c3)[n+]2[O-])ccc1F. The van der Waals surface area contributed by atoms with Crippen LogP contribution in [0.2, 0.25) is 0 Å². The minimum atomic E-state index is -4.58. The molecule has 0 bridgehead atoms. The number of H-pyrrole nitrogens is 1. The van der Waals surface area contributed by atoms with Crippen molar-refractivity contribution in [2.24, 2.45) is 0 Å². The minimum Gasteiger partial charge on any atom is -0.710 e. The minimum absolute atomic E-state index is 0.00387. The van der Waals surface area contributed by atoms with Crippen molar-refractivity contribution < 1.29 is 27.1 Å². The number of carbonyl (C=O) groups is 1. The van der Waals surface area contributed by atoms with E-state index in [1.807, 2.05) is 32.0 Å². The maximum atomic E-state index is 14.8. The number of aromatic amines is 1. The van der Waals surface area contributed by atoms with Crippen molar-refractivity contribution in [3.05, 3.63) is 99.8 Å². The number of alkyl halides is 3. The molecule has 1 amide bonds. The Balaban J connectivity index is 1.71. The van der Waals surface area contributed by atoms with Gasteiger partial charge in [0, 0.05) is 18.2 Å². The van der Waals surface area contributed by atoms with Gasteiger partial charge in [-0.1, -0.05) is 24.3 Å². The molecule has 9 heteroatoms. The number of hydrogen-bond donors (Lipinski definition) is 2. The highest BCUT2D eigenvalue weighted by Crippen LogP contribution is 2.33. The third-order valence-corrected chi connectivity index (χ3v) is 5.72. The molecule has 3 aromatic carbocycles. The standard InChI is InChI=1S/C26H21F4N3O2/c1-14-6-4-7-15(2)22(14)20-12-17(10-11-21(20)27)24-31-16(3)23(33(24)35)25(34)32-19-9-5-8-18(13-19)26(28,29)30/h4-13,31H,1-3H3,(H,32,34). The predicted octanol–water partition coefficient (Wildman–Crippen LogP) is 6.32. The second kappa shape index (κ2) is 8.90. The lowest BCUT2D eigenvalue weighted by molar-refractivity contribution is -0.594. The number of amides is 1. The normalized spacial score (nSPS) is 11.5. The molecule has 4 aromatic rings. The molecule has 0 radical (unpaired) electrons. The Labute approximate surface area is 198 Å². The van der Waals surface area contributed by atoms with Gasteiger partial charge < -0.3 is 10.5 Å². The molecule has 0 saturated carbocycles. The molecule has 0 spiro atoms. The number of aryl methyl sites for hydroxylation is 3. The van der Waals surface area contributed by atoms with Crippen LogP contribution in [0.15, 0.2) is 60.7 Å². The maximum Gasteiger partial charge on any atom is 0.416 e. The van der Waals surface area contributed by atoms with Crippen molar-refractivity contribution >= 4 is 11.6 Å². The molecule has 180 valence electrons. The Kier molecular flexibility index (Phi) is 6.10. The number of hydrogen-bond acceptors (Lipinski definition) is 2. The van der Waals surface area contributed by atoms with Crippen LogP contribution in [0, 0.1) is 31.8 Å². The summed E-state index contributed by atoms with van der Waals surface area (Å²) in [5.74, 6) is -1.34. The van der Waals surface area contributed by atoms with Crippen LogP contribution in [-0.2, 0) is 6.18 Å². The number of benzene rings is 3. The lowest BCUT2D eigenvalue weighted by Gasteiger charge is -2.13. The van der Waals surface area contributed by atoms with Crippen LogP contribution < -0.4 is 10.0 Å². The zero-order chi connectivity index (χ0) is 25.5. The van der Waals surface area contributed by atoms with Gasteiger partial charge in [-0.15, -0.1) is 0 Å². The van der Waals surface area contributed by atoms with Crippen molar-refractivity contribution in [2.75, 3.05) is 5.32 Å². The van der Waals surface area contributed by atoms with Crippen LogP contribution in [-0.4, -0.2) is 10.9 Å². The Morgan fingerprint density at radius 1 is 0.971 bits per heavy atom. The molecule has 0 atom stereocenters. The van der Waals surface area contributed by atoms with Crippen molar-refractivity contribution in [1.29, 1.82) is 0 Å². The quantitative estimate of drug-likeness (QED) is 0.203. The number of aromatic nitrogens is 2. The molecule has 0 saturated heterocycles. The second-order valence-corrected chi connectivity index (χ2v) is 8.24. The van der Waals surface area contributed by atoms with Crippen LogP contribution in [0.3, 0.4) is 0 Å². The van der Waals surface area contributed by atoms with Gasteiger partial charge in [0.15, 0.2) is 5.69 Å². The molecule has 1 aromatic heterocycles. The van der Waals surface area contributed by atoms with Crippen molar-refractivity contribution in [3.8, 4) is 22.5 Å². The Bertz CT molecular complexity index is 1420. The average Bonchev–Trinajstić information content (AvgIpc) is 3.08. The van der Waals surface area contributed by atoms with E-state index < -0.39 is 23.5 Å². The summed E-state index contributed by atoms with van der Waals surface area (Å²) in [6, 6.07) is 13.9. The summed E-state index contributed by atoms with van der Waals surface area (Å²) in [5, 5.41) is 15.4. The van der Waals surface area contributed by atoms with Crippen LogP contribution >= 0.6 is 0 Å². The first-order valence-electron chi connectivity index (χ1n) is 10.6. The monoisotopic (exact) mass is 483 g/mol. The molecule has 0 aliphatic carbocycles. The first-order chi connectivity index (χ1) is 16.5. The number of halogens is 4. The van der Waals surface area contributed by atoms with Crippen molar-refractivity contribution in [1.82, 2.24) is 4.98 Å². The number of carbonyl (C=O) groups excluding carboxylic acids is 1. The first kappa shape index (κ1) is 24.0. The molecular formula is C26H21F4N3O2. The maximum absolute atomic E-state index is 14.8. The molecule has 1 heterocycles. The predicted molar refractivity (Wildman–Crippen MR) is 124 cm³/mol. The van der Waals surface area contributed by atoms with E-state index in [-0.39, 0.29) is 22.9 Å². The van der Waals surface area contributed by atoms with E-state index in [9.17, 15) is 27.6 Å². The van der Waals surface area contributed by atoms with E-state index in [0.717, 1.165) is 29.3 Å². The van der Waals surface area contributed by atoms with Gasteiger partial charge in [0.25, 0.3) is 11.7 Å². The van der Waals surface area contributed by atoms with Gasteiger partial charge >= 0.3 is 6.18 Å². The Morgan fingerprint density at radius 2 is 1.63 bits per heavy atom. The highest BCUT2D eigenvalue weighted by molar-refractivity contribution is 6.02. The highest BCUT2D eigenvalue weighted by atomic mass is 19.4. The van der Waals surface area contributed by atoms with E-state index in [0.29, 0.717) is 21.4 Å². The molecule has 2 N–H and O–H groups in total. The third kappa shape index (κ3) is 4.62. The molecule has 0 aliphatic rings. The summed E-state index contributed by atoms with van der Waals surface area (Å²) in [5.41, 5.74) is 1.94. The fourth-order valence-electron chi connectivity index (χ4n) is 4.07. The Hall–Kier alpha value is -4.14. The van der Waals surface area contributed by atoms with Gasteiger partial charge in [-0.05, 0) is 66.9 Å². The summed E-state index contributed by atoms with van der Waals surface area (Å²) in [7, 11) is 0. The van der Waals surface area contributed by atoms with Gasteiger partial charge in [-0.2, -0.15) is 13.2 Å². The van der Waals surface area contributed by atoms with Gasteiger partial charge in [0.2, 0.25) is 5.69 Å². The molecule has 5 nitrogen and oxygen atoms in total. The van der Waals surface area contributed by atoms with Crippen LogP contribution in [0.25, 0.3) is 22.5 Å². The number of nitrogens with zero attached hydrogens (tertiary/aromatic N) is 1. The van der Waals surface area contributed by atoms with Gasteiger partial charge in [0.1, 0.15) is 5.82 Å². The molecule has 35 heavy (non-hydrogen) atoms. The summed E-state index contributed by atoms with van der Waals surface area (Å²) in [6.07, 6.45) is -4.58. The topological polar surface area (TPSA) is 71.8 Å². The summed E-state index contributed by atoms with van der Waals surface area (Å²) < 4.78 is 54.1. The molecule has 0 unspecified atom stereocenters. The Morgan fingerprint density at radius 3 is 2.29 bits per heavy atom. The fourth-order valence-corrected chi connectivity index (χ4v) is 4.07. The van der Waals surface area contributed by atoms with E-state index in [1.54, 1.807) is 0 Å². The fraction of sp³-hybridized carbons (Fsp3) is 0.154. The van der Waals surface area contributed by atoms with Crippen LogP contribution in [0.1, 0.15) is 32.9 Å². The number of imidazole rings is 1. The third-order valence-electron chi connectivity index (χ3n) is 5.72. The highest BCUT2D eigenvalue weighted by Gasteiger charge is 2.31. The van der Waals surface area contributed by atoms with E-state index >= 15 is 0 Å². The van der Waals surface area contributed by atoms with Crippen molar-refractivity contribution in [2.45, 2.75) is 26.9 Å².